The van der Waals surface area contributed by atoms with E-state index in [-0.39, 0.29) is 5.91 Å². The van der Waals surface area contributed by atoms with Gasteiger partial charge in [-0.25, -0.2) is 0 Å². The molecule has 1 aromatic carbocycles. The van der Waals surface area contributed by atoms with Gasteiger partial charge in [-0.1, -0.05) is 16.8 Å². The predicted molar refractivity (Wildman–Crippen MR) is 84.6 cm³/mol. The molecule has 0 bridgehead atoms. The molecule has 1 aliphatic rings. The molecule has 1 N–H and O–H groups in total. The van der Waals surface area contributed by atoms with Crippen molar-refractivity contribution >= 4 is 17.5 Å². The number of rotatable bonds is 4. The average molecular weight is 334 g/mol. The van der Waals surface area contributed by atoms with Crippen molar-refractivity contribution in [2.75, 3.05) is 6.61 Å². The smallest absolute Gasteiger partial charge is 0.286 e. The molecule has 0 aliphatic carbocycles. The number of allylic oxidation sites excluding steroid dienone is 1. The zero-order valence-corrected chi connectivity index (χ0v) is 13.3. The minimum absolute atomic E-state index is 0.268. The summed E-state index contributed by atoms with van der Waals surface area (Å²) < 4.78 is 10.6. The van der Waals surface area contributed by atoms with Crippen molar-refractivity contribution in [3.05, 3.63) is 46.9 Å². The van der Waals surface area contributed by atoms with E-state index in [1.807, 2.05) is 0 Å². The maximum absolute atomic E-state index is 12.1. The van der Waals surface area contributed by atoms with E-state index in [4.69, 9.17) is 20.9 Å². The van der Waals surface area contributed by atoms with E-state index in [2.05, 4.69) is 15.5 Å². The Bertz CT molecular complexity index is 724. The molecule has 0 fully saturated rings. The Balaban J connectivity index is 1.68. The highest BCUT2D eigenvalue weighted by atomic mass is 35.5. The zero-order chi connectivity index (χ0) is 16.2. The first-order valence-corrected chi connectivity index (χ1v) is 7.74. The van der Waals surface area contributed by atoms with Gasteiger partial charge in [0.15, 0.2) is 11.6 Å². The molecular weight excluding hydrogens is 318 g/mol. The lowest BCUT2D eigenvalue weighted by Gasteiger charge is -2.16. The standard InChI is InChI=1S/C16H16ClN3O3/c1-10(18-15(21)13-4-2-3-9-22-13)14-19-16(23-20-14)11-5-7-12(17)8-6-11/h4-8,10H,2-3,9H2,1H3,(H,18,21). The molecule has 0 saturated heterocycles. The molecule has 120 valence electrons. The molecule has 0 saturated carbocycles. The molecule has 23 heavy (non-hydrogen) atoms. The molecule has 0 spiro atoms. The van der Waals surface area contributed by atoms with E-state index in [9.17, 15) is 4.79 Å². The molecule has 1 aliphatic heterocycles. The first-order chi connectivity index (χ1) is 11.1. The van der Waals surface area contributed by atoms with Crippen LogP contribution in [0.15, 0.2) is 40.6 Å². The number of amides is 1. The third-order valence-electron chi connectivity index (χ3n) is 3.43. The molecule has 3 rings (SSSR count). The summed E-state index contributed by atoms with van der Waals surface area (Å²) in [6.07, 6.45) is 3.57. The van der Waals surface area contributed by atoms with Crippen LogP contribution in [-0.4, -0.2) is 22.7 Å². The van der Waals surface area contributed by atoms with Crippen LogP contribution in [-0.2, 0) is 9.53 Å². The normalized spacial score (nSPS) is 15.5. The van der Waals surface area contributed by atoms with Crippen molar-refractivity contribution in [1.29, 1.82) is 0 Å². The van der Waals surface area contributed by atoms with Crippen LogP contribution >= 0.6 is 11.6 Å². The number of ether oxygens (including phenoxy) is 1. The second-order valence-corrected chi connectivity index (χ2v) is 5.66. The number of hydrogen-bond acceptors (Lipinski definition) is 5. The molecule has 7 heteroatoms. The highest BCUT2D eigenvalue weighted by Crippen LogP contribution is 2.21. The number of hydrogen-bond donors (Lipinski definition) is 1. The average Bonchev–Trinajstić information content (AvgIpc) is 3.06. The summed E-state index contributed by atoms with van der Waals surface area (Å²) in [5.74, 6) is 0.866. The second-order valence-electron chi connectivity index (χ2n) is 5.22. The molecule has 1 aromatic heterocycles. The number of benzene rings is 1. The van der Waals surface area contributed by atoms with Crippen molar-refractivity contribution in [3.63, 3.8) is 0 Å². The van der Waals surface area contributed by atoms with E-state index in [1.54, 1.807) is 37.3 Å². The van der Waals surface area contributed by atoms with Crippen molar-refractivity contribution in [1.82, 2.24) is 15.5 Å². The Morgan fingerprint density at radius 3 is 2.83 bits per heavy atom. The lowest BCUT2D eigenvalue weighted by atomic mass is 10.2. The van der Waals surface area contributed by atoms with Gasteiger partial charge in [0.1, 0.15) is 0 Å². The summed E-state index contributed by atoms with van der Waals surface area (Å²) in [6, 6.07) is 6.70. The van der Waals surface area contributed by atoms with Crippen LogP contribution in [0.3, 0.4) is 0 Å². The largest absolute Gasteiger partial charge is 0.488 e. The van der Waals surface area contributed by atoms with Crippen molar-refractivity contribution in [3.8, 4) is 11.5 Å². The van der Waals surface area contributed by atoms with Crippen LogP contribution in [0.1, 0.15) is 31.6 Å². The van der Waals surface area contributed by atoms with Gasteiger partial charge in [-0.3, -0.25) is 4.79 Å². The Hall–Kier alpha value is -2.34. The maximum Gasteiger partial charge on any atom is 0.286 e. The van der Waals surface area contributed by atoms with Crippen LogP contribution in [0, 0.1) is 0 Å². The van der Waals surface area contributed by atoms with Crippen LogP contribution in [0.25, 0.3) is 11.5 Å². The molecule has 2 heterocycles. The highest BCUT2D eigenvalue weighted by Gasteiger charge is 2.20. The summed E-state index contributed by atoms with van der Waals surface area (Å²) in [5, 5.41) is 7.35. The summed E-state index contributed by atoms with van der Waals surface area (Å²) in [6.45, 7) is 2.36. The third kappa shape index (κ3) is 3.71. The molecule has 2 aromatic rings. The number of nitrogens with one attached hydrogen (secondary N) is 1. The number of nitrogens with zero attached hydrogens (tertiary/aromatic N) is 2. The van der Waals surface area contributed by atoms with Gasteiger partial charge in [0, 0.05) is 10.6 Å². The van der Waals surface area contributed by atoms with E-state index in [0.29, 0.717) is 29.1 Å². The second kappa shape index (κ2) is 6.83. The summed E-state index contributed by atoms with van der Waals surface area (Å²) in [5.41, 5.74) is 0.769. The van der Waals surface area contributed by atoms with Gasteiger partial charge < -0.3 is 14.6 Å². The number of halogens is 1. The monoisotopic (exact) mass is 333 g/mol. The van der Waals surface area contributed by atoms with Gasteiger partial charge in [0.2, 0.25) is 0 Å². The van der Waals surface area contributed by atoms with E-state index in [1.165, 1.54) is 0 Å². The minimum atomic E-state index is -0.390. The minimum Gasteiger partial charge on any atom is -0.488 e. The van der Waals surface area contributed by atoms with Gasteiger partial charge in [0.25, 0.3) is 11.8 Å². The fourth-order valence-corrected chi connectivity index (χ4v) is 2.29. The van der Waals surface area contributed by atoms with Crippen LogP contribution in [0.2, 0.25) is 5.02 Å². The van der Waals surface area contributed by atoms with Crippen LogP contribution < -0.4 is 5.32 Å². The Labute approximate surface area is 138 Å². The molecule has 0 radical (unpaired) electrons. The Morgan fingerprint density at radius 1 is 1.35 bits per heavy atom. The van der Waals surface area contributed by atoms with Gasteiger partial charge in [-0.15, -0.1) is 0 Å². The lowest BCUT2D eigenvalue weighted by molar-refractivity contribution is -0.121. The fraction of sp³-hybridized carbons (Fsp3) is 0.312. The first-order valence-electron chi connectivity index (χ1n) is 7.37. The quantitative estimate of drug-likeness (QED) is 0.929. The van der Waals surface area contributed by atoms with Crippen molar-refractivity contribution in [2.45, 2.75) is 25.8 Å². The number of carbonyl (C=O) groups is 1. The molecular formula is C16H16ClN3O3. The number of carbonyl (C=O) groups excluding carboxylic acids is 1. The third-order valence-corrected chi connectivity index (χ3v) is 3.68. The van der Waals surface area contributed by atoms with Gasteiger partial charge in [-0.2, -0.15) is 4.98 Å². The summed E-state index contributed by atoms with van der Waals surface area (Å²) in [4.78, 5) is 16.4. The zero-order valence-electron chi connectivity index (χ0n) is 12.6. The topological polar surface area (TPSA) is 77.2 Å². The summed E-state index contributed by atoms with van der Waals surface area (Å²) >= 11 is 5.85. The molecule has 1 atom stereocenters. The number of aromatic nitrogens is 2. The van der Waals surface area contributed by atoms with Crippen LogP contribution in [0.5, 0.6) is 0 Å². The summed E-state index contributed by atoms with van der Waals surface area (Å²) in [7, 11) is 0. The van der Waals surface area contributed by atoms with E-state index < -0.39 is 6.04 Å². The molecule has 1 unspecified atom stereocenters. The van der Waals surface area contributed by atoms with Crippen molar-refractivity contribution < 1.29 is 14.1 Å². The SMILES string of the molecule is CC(NC(=O)C1=CCCCO1)c1noc(-c2ccc(Cl)cc2)n1. The first kappa shape index (κ1) is 15.6. The van der Waals surface area contributed by atoms with E-state index in [0.717, 1.165) is 18.4 Å². The fourth-order valence-electron chi connectivity index (χ4n) is 2.17. The predicted octanol–water partition coefficient (Wildman–Crippen LogP) is 3.26. The van der Waals surface area contributed by atoms with Crippen LogP contribution in [0.4, 0.5) is 0 Å². The Kier molecular flexibility index (Phi) is 4.62. The lowest BCUT2D eigenvalue weighted by Crippen LogP contribution is -2.30. The van der Waals surface area contributed by atoms with E-state index >= 15 is 0 Å². The van der Waals surface area contributed by atoms with Crippen molar-refractivity contribution in [2.24, 2.45) is 0 Å². The molecule has 6 nitrogen and oxygen atoms in total. The van der Waals surface area contributed by atoms with Gasteiger partial charge >= 0.3 is 0 Å². The Morgan fingerprint density at radius 2 is 2.13 bits per heavy atom. The van der Waals surface area contributed by atoms with Gasteiger partial charge in [-0.05, 0) is 50.1 Å². The van der Waals surface area contributed by atoms with Gasteiger partial charge in [0.05, 0.1) is 12.6 Å². The molecule has 1 amide bonds. The maximum atomic E-state index is 12.1. The highest BCUT2D eigenvalue weighted by molar-refractivity contribution is 6.30.